The summed E-state index contributed by atoms with van der Waals surface area (Å²) in [6, 6.07) is 15.9. The predicted octanol–water partition coefficient (Wildman–Crippen LogP) is 4.91. The molecule has 1 aliphatic heterocycles. The van der Waals surface area contributed by atoms with Gasteiger partial charge in [-0.2, -0.15) is 0 Å². The van der Waals surface area contributed by atoms with Crippen LogP contribution in [0.3, 0.4) is 0 Å². The van der Waals surface area contributed by atoms with Crippen LogP contribution in [-0.2, 0) is 16.1 Å². The molecule has 1 saturated carbocycles. The number of likely N-dealkylation sites (tertiary alicyclic amines) is 1. The zero-order valence-corrected chi connectivity index (χ0v) is 19.4. The smallest absolute Gasteiger partial charge is 0.223 e. The number of hydrogen-bond donors (Lipinski definition) is 1. The lowest BCUT2D eigenvalue weighted by atomic mass is 10.0. The Morgan fingerprint density at radius 2 is 1.77 bits per heavy atom. The van der Waals surface area contributed by atoms with Gasteiger partial charge in [0.05, 0.1) is 6.04 Å². The molecular weight excluding hydrogens is 454 g/mol. The fourth-order valence-corrected chi connectivity index (χ4v) is 4.91. The lowest BCUT2D eigenvalue weighted by Gasteiger charge is -2.27. The van der Waals surface area contributed by atoms with Crippen LogP contribution >= 0.6 is 15.9 Å². The molecule has 2 amide bonds. The maximum absolute atomic E-state index is 13.0. The Morgan fingerprint density at radius 1 is 1.03 bits per heavy atom. The number of amides is 2. The molecule has 6 heteroatoms. The summed E-state index contributed by atoms with van der Waals surface area (Å²) in [7, 11) is 0. The molecule has 31 heavy (non-hydrogen) atoms. The van der Waals surface area contributed by atoms with Gasteiger partial charge < -0.3 is 15.5 Å². The van der Waals surface area contributed by atoms with Crippen LogP contribution in [0.2, 0.25) is 0 Å². The minimum absolute atomic E-state index is 0.0636. The molecule has 2 aromatic carbocycles. The number of carbonyl (C=O) groups excluding carboxylic acids is 2. The van der Waals surface area contributed by atoms with Gasteiger partial charge in [0.1, 0.15) is 0 Å². The van der Waals surface area contributed by atoms with E-state index >= 15 is 0 Å². The molecule has 1 unspecified atom stereocenters. The van der Waals surface area contributed by atoms with Crippen molar-refractivity contribution in [3.63, 3.8) is 0 Å². The summed E-state index contributed by atoms with van der Waals surface area (Å²) in [6.07, 6.45) is 4.87. The lowest BCUT2D eigenvalue weighted by molar-refractivity contribution is -0.138. The Labute approximate surface area is 192 Å². The Balaban J connectivity index is 1.36. The zero-order chi connectivity index (χ0) is 21.8. The lowest BCUT2D eigenvalue weighted by Crippen LogP contribution is -2.35. The van der Waals surface area contributed by atoms with Crippen LogP contribution < -0.4 is 5.73 Å². The number of halogens is 1. The van der Waals surface area contributed by atoms with Gasteiger partial charge in [-0.3, -0.25) is 9.59 Å². The van der Waals surface area contributed by atoms with E-state index in [-0.39, 0.29) is 30.7 Å². The van der Waals surface area contributed by atoms with Crippen molar-refractivity contribution in [3.8, 4) is 0 Å². The Kier molecular flexibility index (Phi) is 6.96. The number of hydrogen-bond acceptors (Lipinski definition) is 3. The highest BCUT2D eigenvalue weighted by molar-refractivity contribution is 9.10. The molecular formula is C25H30BrN3O2. The number of carbonyl (C=O) groups is 2. The minimum Gasteiger partial charge on any atom is -0.399 e. The van der Waals surface area contributed by atoms with Crippen LogP contribution in [0.25, 0.3) is 0 Å². The number of benzene rings is 2. The third-order valence-corrected chi connectivity index (χ3v) is 6.99. The van der Waals surface area contributed by atoms with E-state index in [2.05, 4.69) is 22.0 Å². The van der Waals surface area contributed by atoms with Gasteiger partial charge in [0.25, 0.3) is 0 Å². The molecule has 0 bridgehead atoms. The van der Waals surface area contributed by atoms with Gasteiger partial charge in [-0.15, -0.1) is 0 Å². The van der Waals surface area contributed by atoms with Crippen LogP contribution in [0.15, 0.2) is 53.0 Å². The molecule has 4 rings (SSSR count). The third-order valence-electron chi connectivity index (χ3n) is 6.27. The van der Waals surface area contributed by atoms with Crippen molar-refractivity contribution in [3.05, 3.63) is 64.1 Å². The molecule has 0 radical (unpaired) electrons. The summed E-state index contributed by atoms with van der Waals surface area (Å²) < 4.78 is 1.04. The van der Waals surface area contributed by atoms with Gasteiger partial charge in [-0.05, 0) is 60.9 Å². The normalized spacial score (nSPS) is 18.2. The van der Waals surface area contributed by atoms with Crippen molar-refractivity contribution in [2.24, 2.45) is 5.92 Å². The first-order valence-corrected chi connectivity index (χ1v) is 12.0. The summed E-state index contributed by atoms with van der Waals surface area (Å²) in [5, 5.41) is 0. The van der Waals surface area contributed by atoms with Crippen LogP contribution in [0.5, 0.6) is 0 Å². The van der Waals surface area contributed by atoms with E-state index in [4.69, 9.17) is 5.73 Å². The number of nitrogens with zero attached hydrogens (tertiary/aromatic N) is 2. The second kappa shape index (κ2) is 9.86. The molecule has 1 saturated heterocycles. The largest absolute Gasteiger partial charge is 0.399 e. The zero-order valence-electron chi connectivity index (χ0n) is 17.8. The van der Waals surface area contributed by atoms with Crippen molar-refractivity contribution in [2.75, 3.05) is 18.8 Å². The van der Waals surface area contributed by atoms with Gasteiger partial charge in [0, 0.05) is 42.6 Å². The predicted molar refractivity (Wildman–Crippen MR) is 126 cm³/mol. The van der Waals surface area contributed by atoms with Gasteiger partial charge in [-0.1, -0.05) is 46.3 Å². The molecule has 5 nitrogen and oxygen atoms in total. The number of anilines is 1. The first kappa shape index (κ1) is 21.9. The maximum Gasteiger partial charge on any atom is 0.223 e. The highest BCUT2D eigenvalue weighted by Crippen LogP contribution is 2.36. The fraction of sp³-hybridized carbons (Fsp3) is 0.440. The van der Waals surface area contributed by atoms with Gasteiger partial charge in [0.2, 0.25) is 11.8 Å². The van der Waals surface area contributed by atoms with Crippen molar-refractivity contribution >= 4 is 33.4 Å². The number of nitrogens with two attached hydrogens (primary N) is 1. The molecule has 2 aromatic rings. The van der Waals surface area contributed by atoms with E-state index in [1.807, 2.05) is 52.3 Å². The van der Waals surface area contributed by atoms with Crippen molar-refractivity contribution in [1.82, 2.24) is 9.80 Å². The van der Waals surface area contributed by atoms with E-state index in [0.29, 0.717) is 12.5 Å². The van der Waals surface area contributed by atoms with Crippen LogP contribution in [0.1, 0.15) is 55.7 Å². The molecule has 0 spiro atoms. The van der Waals surface area contributed by atoms with Crippen LogP contribution in [0, 0.1) is 5.92 Å². The molecule has 2 N–H and O–H groups in total. The summed E-state index contributed by atoms with van der Waals surface area (Å²) >= 11 is 3.62. The Morgan fingerprint density at radius 3 is 2.48 bits per heavy atom. The van der Waals surface area contributed by atoms with Crippen LogP contribution in [-0.4, -0.2) is 34.7 Å². The van der Waals surface area contributed by atoms with E-state index in [1.165, 1.54) is 12.8 Å². The van der Waals surface area contributed by atoms with E-state index in [1.54, 1.807) is 0 Å². The maximum atomic E-state index is 13.0. The highest BCUT2D eigenvalue weighted by atomic mass is 79.9. The molecule has 0 aromatic heterocycles. The Bertz CT molecular complexity index is 927. The second-order valence-electron chi connectivity index (χ2n) is 8.73. The molecule has 2 fully saturated rings. The molecule has 2 aliphatic rings. The van der Waals surface area contributed by atoms with Gasteiger partial charge in [0.15, 0.2) is 0 Å². The molecule has 164 valence electrons. The molecule has 1 atom stereocenters. The topological polar surface area (TPSA) is 66.6 Å². The monoisotopic (exact) mass is 483 g/mol. The van der Waals surface area contributed by atoms with Crippen molar-refractivity contribution < 1.29 is 9.59 Å². The Hall–Kier alpha value is -2.34. The summed E-state index contributed by atoms with van der Waals surface area (Å²) in [5.74, 6) is 0.742. The summed E-state index contributed by atoms with van der Waals surface area (Å²) in [6.45, 7) is 2.12. The summed E-state index contributed by atoms with van der Waals surface area (Å²) in [4.78, 5) is 29.9. The van der Waals surface area contributed by atoms with Crippen LogP contribution in [0.4, 0.5) is 5.69 Å². The van der Waals surface area contributed by atoms with Gasteiger partial charge >= 0.3 is 0 Å². The summed E-state index contributed by atoms with van der Waals surface area (Å²) in [5.41, 5.74) is 8.73. The third kappa shape index (κ3) is 5.67. The average Bonchev–Trinajstić information content (AvgIpc) is 3.45. The SMILES string of the molecule is Nc1ccc(CN(CC2CC2)C(=O)CCC(=O)N2CCCC2c2ccccc2Br)cc1. The quantitative estimate of drug-likeness (QED) is 0.542. The van der Waals surface area contributed by atoms with E-state index in [9.17, 15) is 9.59 Å². The first-order chi connectivity index (χ1) is 15.0. The molecule has 1 heterocycles. The highest BCUT2D eigenvalue weighted by Gasteiger charge is 2.32. The first-order valence-electron chi connectivity index (χ1n) is 11.2. The average molecular weight is 484 g/mol. The van der Waals surface area contributed by atoms with Crippen molar-refractivity contribution in [2.45, 2.75) is 51.1 Å². The number of nitrogen functional groups attached to an aromatic ring is 1. The second-order valence-corrected chi connectivity index (χ2v) is 9.58. The standard InChI is InChI=1S/C25H30BrN3O2/c26-22-5-2-1-4-21(22)23-6-3-15-29(23)25(31)14-13-24(30)28(16-18-7-8-18)17-19-9-11-20(27)12-10-19/h1-2,4-5,9-12,18,23H,3,6-8,13-17,27H2. The fourth-order valence-electron chi connectivity index (χ4n) is 4.36. The number of rotatable bonds is 8. The van der Waals surface area contributed by atoms with E-state index < -0.39 is 0 Å². The van der Waals surface area contributed by atoms with E-state index in [0.717, 1.165) is 47.2 Å². The minimum atomic E-state index is 0.0636. The van der Waals surface area contributed by atoms with Gasteiger partial charge in [-0.25, -0.2) is 0 Å². The molecule has 1 aliphatic carbocycles. The van der Waals surface area contributed by atoms with Crippen molar-refractivity contribution in [1.29, 1.82) is 0 Å².